The summed E-state index contributed by atoms with van der Waals surface area (Å²) in [5, 5.41) is 11.8. The van der Waals surface area contributed by atoms with E-state index in [0.29, 0.717) is 25.5 Å². The number of amides is 1. The van der Waals surface area contributed by atoms with Gasteiger partial charge in [0.25, 0.3) is 0 Å². The third-order valence-electron chi connectivity index (χ3n) is 1.84. The van der Waals surface area contributed by atoms with Crippen LogP contribution in [0.3, 0.4) is 0 Å². The summed E-state index contributed by atoms with van der Waals surface area (Å²) in [4.78, 5) is 10.3. The fourth-order valence-electron chi connectivity index (χ4n) is 1.13. The molecule has 90 valence electrons. The van der Waals surface area contributed by atoms with Gasteiger partial charge in [-0.05, 0) is 12.1 Å². The van der Waals surface area contributed by atoms with Gasteiger partial charge in [0.2, 0.25) is 5.91 Å². The monoisotopic (exact) mass is 228 g/mol. The molecule has 0 aliphatic carbocycles. The quantitative estimate of drug-likeness (QED) is 0.514. The molecular formula is C10H16N2O4. The van der Waals surface area contributed by atoms with E-state index < -0.39 is 5.91 Å². The molecular weight excluding hydrogens is 212 g/mol. The van der Waals surface area contributed by atoms with Crippen molar-refractivity contribution in [3.8, 4) is 0 Å². The number of aliphatic hydroxyl groups excluding tert-OH is 1. The fourth-order valence-corrected chi connectivity index (χ4v) is 1.13. The Balaban J connectivity index is 2.04. The van der Waals surface area contributed by atoms with Gasteiger partial charge in [-0.15, -0.1) is 0 Å². The lowest BCUT2D eigenvalue weighted by Gasteiger charge is -2.03. The summed E-state index contributed by atoms with van der Waals surface area (Å²) in [6.07, 6.45) is 0. The van der Waals surface area contributed by atoms with Gasteiger partial charge < -0.3 is 25.3 Å². The Morgan fingerprint density at radius 2 is 2.25 bits per heavy atom. The Hall–Kier alpha value is -1.37. The topological polar surface area (TPSA) is 97.7 Å². The second-order valence-corrected chi connectivity index (χ2v) is 3.22. The first-order chi connectivity index (χ1) is 7.72. The molecule has 0 saturated heterocycles. The van der Waals surface area contributed by atoms with Gasteiger partial charge in [0.15, 0.2) is 0 Å². The van der Waals surface area contributed by atoms with Crippen LogP contribution in [-0.2, 0) is 22.7 Å². The summed E-state index contributed by atoms with van der Waals surface area (Å²) in [6.45, 7) is 1.41. The van der Waals surface area contributed by atoms with Crippen LogP contribution in [0.1, 0.15) is 11.5 Å². The molecule has 0 aliphatic rings. The van der Waals surface area contributed by atoms with E-state index in [4.69, 9.17) is 20.0 Å². The molecule has 0 unspecified atom stereocenters. The predicted molar refractivity (Wildman–Crippen MR) is 56.4 cm³/mol. The van der Waals surface area contributed by atoms with Gasteiger partial charge in [-0.2, -0.15) is 0 Å². The number of nitrogens with one attached hydrogen (secondary N) is 1. The highest BCUT2D eigenvalue weighted by atomic mass is 16.5. The largest absolute Gasteiger partial charge is 0.462 e. The number of furan rings is 1. The van der Waals surface area contributed by atoms with Crippen molar-refractivity contribution in [1.82, 2.24) is 5.32 Å². The minimum atomic E-state index is -0.473. The molecule has 0 aromatic carbocycles. The minimum Gasteiger partial charge on any atom is -0.462 e. The zero-order chi connectivity index (χ0) is 11.8. The van der Waals surface area contributed by atoms with Crippen molar-refractivity contribution in [2.24, 2.45) is 5.73 Å². The van der Waals surface area contributed by atoms with E-state index in [2.05, 4.69) is 5.32 Å². The molecule has 0 saturated carbocycles. The maximum Gasteiger partial charge on any atom is 0.243 e. The maximum absolute atomic E-state index is 10.3. The lowest BCUT2D eigenvalue weighted by Crippen LogP contribution is -2.23. The average molecular weight is 228 g/mol. The van der Waals surface area contributed by atoms with Crippen molar-refractivity contribution in [3.63, 3.8) is 0 Å². The molecule has 0 spiro atoms. The Labute approximate surface area is 93.4 Å². The highest BCUT2D eigenvalue weighted by Gasteiger charge is 2.00. The van der Waals surface area contributed by atoms with Gasteiger partial charge in [-0.1, -0.05) is 0 Å². The van der Waals surface area contributed by atoms with E-state index in [1.54, 1.807) is 12.1 Å². The van der Waals surface area contributed by atoms with Crippen LogP contribution < -0.4 is 11.1 Å². The number of ether oxygens (including phenoxy) is 1. The number of aliphatic hydroxyl groups is 1. The highest BCUT2D eigenvalue weighted by molar-refractivity contribution is 5.74. The lowest BCUT2D eigenvalue weighted by molar-refractivity contribution is -0.122. The van der Waals surface area contributed by atoms with E-state index in [-0.39, 0.29) is 13.2 Å². The molecule has 0 aliphatic heterocycles. The smallest absolute Gasteiger partial charge is 0.243 e. The van der Waals surface area contributed by atoms with Crippen LogP contribution in [0.5, 0.6) is 0 Å². The summed E-state index contributed by atoms with van der Waals surface area (Å²) < 4.78 is 10.2. The third-order valence-corrected chi connectivity index (χ3v) is 1.84. The molecule has 1 aromatic heterocycles. The SMILES string of the molecule is NC(=O)COCCNCc1ccc(CO)o1. The van der Waals surface area contributed by atoms with Gasteiger partial charge in [0.1, 0.15) is 24.7 Å². The Bertz CT molecular complexity index is 324. The third kappa shape index (κ3) is 4.92. The van der Waals surface area contributed by atoms with E-state index >= 15 is 0 Å². The Kier molecular flexibility index (Phi) is 5.55. The first kappa shape index (κ1) is 12.7. The summed E-state index contributed by atoms with van der Waals surface area (Å²) in [5.74, 6) is 0.819. The standard InChI is InChI=1S/C10H16N2O4/c11-10(14)7-15-4-3-12-5-8-1-2-9(6-13)16-8/h1-2,12-13H,3-7H2,(H2,11,14). The number of carbonyl (C=O) groups excluding carboxylic acids is 1. The second kappa shape index (κ2) is 7.00. The molecule has 1 rings (SSSR count). The number of nitrogens with two attached hydrogens (primary N) is 1. The van der Waals surface area contributed by atoms with Crippen LogP contribution in [0, 0.1) is 0 Å². The molecule has 0 fully saturated rings. The molecule has 1 amide bonds. The van der Waals surface area contributed by atoms with Crippen LogP contribution in [0.15, 0.2) is 16.5 Å². The molecule has 6 nitrogen and oxygen atoms in total. The van der Waals surface area contributed by atoms with Gasteiger partial charge in [-0.3, -0.25) is 4.79 Å². The summed E-state index contributed by atoms with van der Waals surface area (Å²) in [6, 6.07) is 3.52. The maximum atomic E-state index is 10.3. The van der Waals surface area contributed by atoms with Crippen LogP contribution in [0.25, 0.3) is 0 Å². The van der Waals surface area contributed by atoms with E-state index in [1.165, 1.54) is 0 Å². The van der Waals surface area contributed by atoms with Crippen molar-refractivity contribution >= 4 is 5.91 Å². The molecule has 0 radical (unpaired) electrons. The highest BCUT2D eigenvalue weighted by Crippen LogP contribution is 2.06. The number of primary amides is 1. The molecule has 16 heavy (non-hydrogen) atoms. The molecule has 1 heterocycles. The summed E-state index contributed by atoms with van der Waals surface area (Å²) in [7, 11) is 0. The number of rotatable bonds is 8. The van der Waals surface area contributed by atoms with E-state index in [0.717, 1.165) is 5.76 Å². The first-order valence-electron chi connectivity index (χ1n) is 4.97. The molecule has 1 aromatic rings. The second-order valence-electron chi connectivity index (χ2n) is 3.22. The van der Waals surface area contributed by atoms with Crippen molar-refractivity contribution in [2.75, 3.05) is 19.8 Å². The van der Waals surface area contributed by atoms with Crippen molar-refractivity contribution in [3.05, 3.63) is 23.7 Å². The average Bonchev–Trinajstić information content (AvgIpc) is 2.70. The van der Waals surface area contributed by atoms with Crippen LogP contribution in [-0.4, -0.2) is 30.8 Å². The van der Waals surface area contributed by atoms with Gasteiger partial charge >= 0.3 is 0 Å². The minimum absolute atomic E-state index is 0.0584. The molecule has 0 atom stereocenters. The van der Waals surface area contributed by atoms with Gasteiger partial charge in [0.05, 0.1) is 13.2 Å². The summed E-state index contributed by atoms with van der Waals surface area (Å²) >= 11 is 0. The van der Waals surface area contributed by atoms with E-state index in [9.17, 15) is 4.79 Å². The molecule has 6 heteroatoms. The van der Waals surface area contributed by atoms with Crippen LogP contribution in [0.2, 0.25) is 0 Å². The zero-order valence-electron chi connectivity index (χ0n) is 8.94. The summed E-state index contributed by atoms with van der Waals surface area (Å²) in [5.41, 5.74) is 4.89. The molecule has 0 bridgehead atoms. The van der Waals surface area contributed by atoms with Crippen LogP contribution in [0.4, 0.5) is 0 Å². The van der Waals surface area contributed by atoms with E-state index in [1.807, 2.05) is 0 Å². The zero-order valence-corrected chi connectivity index (χ0v) is 8.94. The Morgan fingerprint density at radius 3 is 2.88 bits per heavy atom. The van der Waals surface area contributed by atoms with Crippen molar-refractivity contribution in [1.29, 1.82) is 0 Å². The van der Waals surface area contributed by atoms with Crippen molar-refractivity contribution in [2.45, 2.75) is 13.2 Å². The normalized spacial score (nSPS) is 10.6. The fraction of sp³-hybridized carbons (Fsp3) is 0.500. The van der Waals surface area contributed by atoms with Gasteiger partial charge in [-0.25, -0.2) is 0 Å². The number of hydrogen-bond donors (Lipinski definition) is 3. The Morgan fingerprint density at radius 1 is 1.50 bits per heavy atom. The first-order valence-corrected chi connectivity index (χ1v) is 4.97. The lowest BCUT2D eigenvalue weighted by atomic mass is 10.4. The predicted octanol–water partition coefficient (Wildman–Crippen LogP) is -0.637. The van der Waals surface area contributed by atoms with Gasteiger partial charge in [0, 0.05) is 6.54 Å². The van der Waals surface area contributed by atoms with Crippen molar-refractivity contribution < 1.29 is 19.1 Å². The number of carbonyl (C=O) groups is 1. The van der Waals surface area contributed by atoms with Crippen LogP contribution >= 0.6 is 0 Å². The number of hydrogen-bond acceptors (Lipinski definition) is 5. The molecule has 4 N–H and O–H groups in total.